The van der Waals surface area contributed by atoms with Crippen molar-refractivity contribution >= 4 is 23.4 Å². The number of rotatable bonds is 6. The highest BCUT2D eigenvalue weighted by Crippen LogP contribution is 2.21. The Morgan fingerprint density at radius 2 is 1.78 bits per heavy atom. The minimum absolute atomic E-state index is 0.110. The molecule has 2 N–H and O–H groups in total. The van der Waals surface area contributed by atoms with Crippen LogP contribution >= 0.6 is 11.6 Å². The highest BCUT2D eigenvalue weighted by Gasteiger charge is 2.21. The minimum Gasteiger partial charge on any atom is -0.355 e. The molecule has 0 fully saturated rings. The van der Waals surface area contributed by atoms with Crippen molar-refractivity contribution in [3.63, 3.8) is 0 Å². The number of carbonyl (C=O) groups excluding carboxylic acids is 2. The highest BCUT2D eigenvalue weighted by atomic mass is 35.5. The Kier molecular flexibility index (Phi) is 6.98. The van der Waals surface area contributed by atoms with Crippen LogP contribution in [0.4, 0.5) is 4.39 Å². The predicted molar refractivity (Wildman–Crippen MR) is 133 cm³/mol. The fourth-order valence-electron chi connectivity index (χ4n) is 3.59. The summed E-state index contributed by atoms with van der Waals surface area (Å²) in [6.45, 7) is 1.65. The summed E-state index contributed by atoms with van der Waals surface area (Å²) in [5.41, 5.74) is 0.903. The quantitative estimate of drug-likeness (QED) is 0.415. The summed E-state index contributed by atoms with van der Waals surface area (Å²) in [5.74, 6) is -1.95. The molecule has 2 heterocycles. The van der Waals surface area contributed by atoms with Crippen LogP contribution in [0.25, 0.3) is 16.9 Å². The Morgan fingerprint density at radius 1 is 1.06 bits per heavy atom. The van der Waals surface area contributed by atoms with Gasteiger partial charge in [0.15, 0.2) is 0 Å². The number of benzene rings is 2. The fraction of sp³-hybridized carbons (Fsp3) is 0.160. The Morgan fingerprint density at radius 3 is 2.39 bits per heavy atom. The van der Waals surface area contributed by atoms with Gasteiger partial charge in [-0.25, -0.2) is 4.39 Å². The molecule has 2 aromatic carbocycles. The third-order valence-electron chi connectivity index (χ3n) is 5.54. The molecule has 36 heavy (non-hydrogen) atoms. The lowest BCUT2D eigenvalue weighted by Gasteiger charge is -2.16. The van der Waals surface area contributed by atoms with Crippen LogP contribution in [0, 0.1) is 5.82 Å². The van der Waals surface area contributed by atoms with E-state index in [0.717, 1.165) is 4.68 Å². The number of halogens is 2. The third-order valence-corrected chi connectivity index (χ3v) is 5.80. The Labute approximate surface area is 210 Å². The molecule has 0 saturated carbocycles. The maximum Gasteiger partial charge on any atom is 0.284 e. The van der Waals surface area contributed by atoms with Crippen molar-refractivity contribution < 1.29 is 14.0 Å². The zero-order valence-corrected chi connectivity index (χ0v) is 20.4. The van der Waals surface area contributed by atoms with Crippen LogP contribution < -0.4 is 16.2 Å². The summed E-state index contributed by atoms with van der Waals surface area (Å²) < 4.78 is 17.0. The van der Waals surface area contributed by atoms with Gasteiger partial charge in [-0.3, -0.25) is 19.1 Å². The van der Waals surface area contributed by atoms with Crippen LogP contribution in [-0.2, 0) is 7.05 Å². The average Bonchev–Trinajstić information content (AvgIpc) is 3.30. The number of nitrogens with zero attached hydrogens (tertiary/aromatic N) is 4. The maximum atomic E-state index is 14.4. The summed E-state index contributed by atoms with van der Waals surface area (Å²) in [6.07, 6.45) is 3.06. The van der Waals surface area contributed by atoms with Gasteiger partial charge in [0.2, 0.25) is 0 Å². The molecular weight excluding hydrogens is 487 g/mol. The molecule has 11 heteroatoms. The Bertz CT molecular complexity index is 1510. The molecule has 0 saturated heterocycles. The first-order valence-electron chi connectivity index (χ1n) is 10.9. The zero-order valence-electron chi connectivity index (χ0n) is 19.6. The van der Waals surface area contributed by atoms with Crippen LogP contribution in [0.3, 0.4) is 0 Å². The van der Waals surface area contributed by atoms with Gasteiger partial charge in [0.25, 0.3) is 17.4 Å². The van der Waals surface area contributed by atoms with Crippen LogP contribution in [0.15, 0.2) is 65.7 Å². The largest absolute Gasteiger partial charge is 0.355 e. The van der Waals surface area contributed by atoms with E-state index in [1.54, 1.807) is 44.4 Å². The van der Waals surface area contributed by atoms with Crippen molar-refractivity contribution in [2.24, 2.45) is 7.05 Å². The Balaban J connectivity index is 1.71. The normalized spacial score (nSPS) is 11.7. The number of hydrogen-bond donors (Lipinski definition) is 2. The van der Waals surface area contributed by atoms with E-state index in [-0.39, 0.29) is 11.1 Å². The number of nitrogens with one attached hydrogen (secondary N) is 2. The lowest BCUT2D eigenvalue weighted by atomic mass is 10.0. The van der Waals surface area contributed by atoms with E-state index in [2.05, 4.69) is 20.8 Å². The average molecular weight is 509 g/mol. The molecule has 0 radical (unpaired) electrons. The SMILES string of the molecule is CNC(=O)c1ccc(C(C)NC(=O)c2cc(-c3ccc(Cl)cc3)nn(-c3cnn(C)c3)c2=O)cc1F. The lowest BCUT2D eigenvalue weighted by molar-refractivity contribution is 0.0933. The monoisotopic (exact) mass is 508 g/mol. The van der Waals surface area contributed by atoms with E-state index >= 15 is 0 Å². The molecule has 9 nitrogen and oxygen atoms in total. The number of carbonyl (C=O) groups is 2. The molecule has 0 aliphatic heterocycles. The molecule has 2 amide bonds. The van der Waals surface area contributed by atoms with E-state index in [0.29, 0.717) is 27.5 Å². The molecule has 0 bridgehead atoms. The van der Waals surface area contributed by atoms with E-state index in [1.165, 1.54) is 42.2 Å². The molecule has 4 aromatic rings. The number of amides is 2. The van der Waals surface area contributed by atoms with E-state index in [1.807, 2.05) is 0 Å². The van der Waals surface area contributed by atoms with Gasteiger partial charge in [0.05, 0.1) is 29.7 Å². The van der Waals surface area contributed by atoms with Crippen LogP contribution in [0.2, 0.25) is 5.02 Å². The predicted octanol–water partition coefficient (Wildman–Crippen LogP) is 3.28. The standard InChI is InChI=1S/C25H22ClFN6O3/c1-14(16-6-9-19(21(27)10-16)23(34)28-2)30-24(35)20-11-22(15-4-7-17(26)8-5-15)31-33(25(20)36)18-12-29-32(3)13-18/h4-14H,1-3H3,(H,28,34)(H,30,35). The number of aryl methyl sites for hydroxylation is 1. The summed E-state index contributed by atoms with van der Waals surface area (Å²) in [4.78, 5) is 38.2. The van der Waals surface area contributed by atoms with Crippen molar-refractivity contribution in [1.29, 1.82) is 0 Å². The van der Waals surface area contributed by atoms with Crippen molar-refractivity contribution in [1.82, 2.24) is 30.2 Å². The minimum atomic E-state index is -0.721. The van der Waals surface area contributed by atoms with Gasteiger partial charge in [-0.05, 0) is 42.8 Å². The summed E-state index contributed by atoms with van der Waals surface area (Å²) in [5, 5.41) is 14.1. The number of hydrogen-bond acceptors (Lipinski definition) is 5. The molecule has 0 aliphatic carbocycles. The highest BCUT2D eigenvalue weighted by molar-refractivity contribution is 6.30. The molecular formula is C25H22ClFN6O3. The second-order valence-corrected chi connectivity index (χ2v) is 8.49. The smallest absolute Gasteiger partial charge is 0.284 e. The lowest BCUT2D eigenvalue weighted by Crippen LogP contribution is -2.35. The van der Waals surface area contributed by atoms with Gasteiger partial charge >= 0.3 is 0 Å². The molecule has 1 atom stereocenters. The maximum absolute atomic E-state index is 14.4. The zero-order chi connectivity index (χ0) is 26.0. The second kappa shape index (κ2) is 10.1. The van der Waals surface area contributed by atoms with Crippen LogP contribution in [0.5, 0.6) is 0 Å². The Hall–Kier alpha value is -4.31. The van der Waals surface area contributed by atoms with Crippen molar-refractivity contribution in [3.8, 4) is 16.9 Å². The van der Waals surface area contributed by atoms with E-state index in [9.17, 15) is 18.8 Å². The van der Waals surface area contributed by atoms with E-state index in [4.69, 9.17) is 11.6 Å². The summed E-state index contributed by atoms with van der Waals surface area (Å²) >= 11 is 6.00. The van der Waals surface area contributed by atoms with Gasteiger partial charge in [-0.15, -0.1) is 0 Å². The fourth-order valence-corrected chi connectivity index (χ4v) is 3.71. The topological polar surface area (TPSA) is 111 Å². The van der Waals surface area contributed by atoms with Gasteiger partial charge in [-0.2, -0.15) is 14.9 Å². The number of aromatic nitrogens is 4. The van der Waals surface area contributed by atoms with Crippen LogP contribution in [-0.4, -0.2) is 38.4 Å². The van der Waals surface area contributed by atoms with Gasteiger partial charge in [0, 0.05) is 24.7 Å². The summed E-state index contributed by atoms with van der Waals surface area (Å²) in [7, 11) is 3.10. The molecule has 2 aromatic heterocycles. The molecule has 0 aliphatic rings. The molecule has 4 rings (SSSR count). The van der Waals surface area contributed by atoms with Gasteiger partial charge in [-0.1, -0.05) is 29.8 Å². The van der Waals surface area contributed by atoms with Crippen molar-refractivity contribution in [3.05, 3.63) is 98.8 Å². The van der Waals surface area contributed by atoms with Crippen LogP contribution in [0.1, 0.15) is 39.2 Å². The third kappa shape index (κ3) is 5.03. The first-order chi connectivity index (χ1) is 17.2. The van der Waals surface area contributed by atoms with Gasteiger partial charge in [0.1, 0.15) is 17.1 Å². The second-order valence-electron chi connectivity index (χ2n) is 8.05. The summed E-state index contributed by atoms with van der Waals surface area (Å²) in [6, 6.07) is 11.6. The van der Waals surface area contributed by atoms with Crippen molar-refractivity contribution in [2.75, 3.05) is 7.05 Å². The van der Waals surface area contributed by atoms with Crippen molar-refractivity contribution in [2.45, 2.75) is 13.0 Å². The van der Waals surface area contributed by atoms with Gasteiger partial charge < -0.3 is 10.6 Å². The molecule has 1 unspecified atom stereocenters. The van der Waals surface area contributed by atoms with E-state index < -0.39 is 29.2 Å². The molecule has 0 spiro atoms. The first kappa shape index (κ1) is 24.8. The first-order valence-corrected chi connectivity index (χ1v) is 11.3. The molecule has 184 valence electrons.